The fraction of sp³-hybridized carbons (Fsp3) is 0.318. The van der Waals surface area contributed by atoms with E-state index in [4.69, 9.17) is 4.74 Å². The van der Waals surface area contributed by atoms with Crippen molar-refractivity contribution in [2.45, 2.75) is 32.7 Å². The van der Waals surface area contributed by atoms with Crippen LogP contribution in [0.4, 0.5) is 4.39 Å². The van der Waals surface area contributed by atoms with Crippen molar-refractivity contribution in [3.63, 3.8) is 0 Å². The zero-order chi connectivity index (χ0) is 21.2. The van der Waals surface area contributed by atoms with Crippen LogP contribution in [0.2, 0.25) is 0 Å². The Bertz CT molecular complexity index is 840. The number of carbonyl (C=O) groups excluding carboxylic acids is 3. The molecule has 0 saturated carbocycles. The second kappa shape index (κ2) is 10.9. The third kappa shape index (κ3) is 7.73. The Hall–Kier alpha value is -3.22. The number of benzene rings is 2. The summed E-state index contributed by atoms with van der Waals surface area (Å²) in [6.45, 7) is 3.92. The van der Waals surface area contributed by atoms with Crippen LogP contribution in [0, 0.1) is 11.7 Å². The molecule has 2 aromatic carbocycles. The summed E-state index contributed by atoms with van der Waals surface area (Å²) in [6, 6.07) is 13.1. The largest absolute Gasteiger partial charge is 0.426 e. The third-order valence-corrected chi connectivity index (χ3v) is 4.02. The zero-order valence-corrected chi connectivity index (χ0v) is 16.5. The van der Waals surface area contributed by atoms with Crippen LogP contribution in [0.5, 0.6) is 5.75 Å². The van der Waals surface area contributed by atoms with Crippen molar-refractivity contribution in [1.82, 2.24) is 10.6 Å². The van der Waals surface area contributed by atoms with Gasteiger partial charge < -0.3 is 15.4 Å². The van der Waals surface area contributed by atoms with Gasteiger partial charge in [-0.2, -0.15) is 0 Å². The average Bonchev–Trinajstić information content (AvgIpc) is 2.67. The molecule has 0 aliphatic rings. The van der Waals surface area contributed by atoms with Crippen LogP contribution in [-0.2, 0) is 9.59 Å². The highest BCUT2D eigenvalue weighted by Crippen LogP contribution is 2.10. The highest BCUT2D eigenvalue weighted by atomic mass is 19.1. The lowest BCUT2D eigenvalue weighted by atomic mass is 10.0. The summed E-state index contributed by atoms with van der Waals surface area (Å²) in [6.07, 6.45) is 0.397. The van der Waals surface area contributed by atoms with Crippen LogP contribution in [0.25, 0.3) is 0 Å². The van der Waals surface area contributed by atoms with Crippen molar-refractivity contribution in [2.24, 2.45) is 5.92 Å². The molecule has 1 atom stereocenters. The van der Waals surface area contributed by atoms with Gasteiger partial charge in [-0.25, -0.2) is 4.39 Å². The van der Waals surface area contributed by atoms with Gasteiger partial charge in [0.15, 0.2) is 0 Å². The van der Waals surface area contributed by atoms with Crippen LogP contribution < -0.4 is 15.4 Å². The molecule has 0 aliphatic heterocycles. The molecule has 0 unspecified atom stereocenters. The molecule has 2 rings (SSSR count). The van der Waals surface area contributed by atoms with Gasteiger partial charge in [-0.15, -0.1) is 0 Å². The predicted molar refractivity (Wildman–Crippen MR) is 107 cm³/mol. The Labute approximate surface area is 169 Å². The van der Waals surface area contributed by atoms with E-state index in [1.807, 2.05) is 19.9 Å². The second-order valence-electron chi connectivity index (χ2n) is 6.99. The van der Waals surface area contributed by atoms with Crippen LogP contribution in [0.15, 0.2) is 54.6 Å². The summed E-state index contributed by atoms with van der Waals surface area (Å²) in [5, 5.41) is 5.28. The van der Waals surface area contributed by atoms with Crippen molar-refractivity contribution in [3.8, 4) is 5.75 Å². The summed E-state index contributed by atoms with van der Waals surface area (Å²) in [5.41, 5.74) is 0.137. The van der Waals surface area contributed by atoms with E-state index in [2.05, 4.69) is 10.6 Å². The molecule has 7 heteroatoms. The number of hydrogen-bond acceptors (Lipinski definition) is 4. The first kappa shape index (κ1) is 22.1. The summed E-state index contributed by atoms with van der Waals surface area (Å²) < 4.78 is 18.5. The Morgan fingerprint density at radius 2 is 1.76 bits per heavy atom. The molecule has 2 aromatic rings. The van der Waals surface area contributed by atoms with Gasteiger partial charge in [0.05, 0.1) is 6.42 Å². The highest BCUT2D eigenvalue weighted by molar-refractivity contribution is 5.97. The fourth-order valence-electron chi connectivity index (χ4n) is 2.66. The summed E-state index contributed by atoms with van der Waals surface area (Å²) in [5.74, 6) is -1.37. The lowest BCUT2D eigenvalue weighted by molar-refractivity contribution is -0.134. The van der Waals surface area contributed by atoms with E-state index in [0.29, 0.717) is 12.2 Å². The van der Waals surface area contributed by atoms with E-state index in [9.17, 15) is 18.8 Å². The summed E-state index contributed by atoms with van der Waals surface area (Å²) in [7, 11) is 0. The first-order valence-corrected chi connectivity index (χ1v) is 9.45. The standard InChI is InChI=1S/C22H25FN2O4/c1-15(2)13-19(25-21(27)16-7-6-8-17(23)14-16)22(28)24-12-11-20(26)29-18-9-4-3-5-10-18/h3-10,14-15,19H,11-13H2,1-2H3,(H,24,28)(H,25,27)/t19-/m0/s1. The summed E-state index contributed by atoms with van der Waals surface area (Å²) in [4.78, 5) is 36.7. The number of rotatable bonds is 9. The van der Waals surface area contributed by atoms with Gasteiger partial charge in [0.25, 0.3) is 5.91 Å². The number of ether oxygens (including phenoxy) is 1. The maximum atomic E-state index is 13.3. The van der Waals surface area contributed by atoms with Crippen molar-refractivity contribution in [1.29, 1.82) is 0 Å². The molecule has 0 spiro atoms. The molecule has 0 radical (unpaired) electrons. The van der Waals surface area contributed by atoms with Crippen molar-refractivity contribution >= 4 is 17.8 Å². The van der Waals surface area contributed by atoms with Gasteiger partial charge in [0.1, 0.15) is 17.6 Å². The number of halogens is 1. The minimum absolute atomic E-state index is 0.00707. The molecule has 154 valence electrons. The van der Waals surface area contributed by atoms with Gasteiger partial charge in [-0.1, -0.05) is 38.1 Å². The van der Waals surface area contributed by atoms with Crippen molar-refractivity contribution in [3.05, 3.63) is 66.0 Å². The smallest absolute Gasteiger partial charge is 0.312 e. The molecule has 29 heavy (non-hydrogen) atoms. The Morgan fingerprint density at radius 1 is 1.03 bits per heavy atom. The molecule has 2 amide bonds. The lowest BCUT2D eigenvalue weighted by Gasteiger charge is -2.20. The third-order valence-electron chi connectivity index (χ3n) is 4.02. The monoisotopic (exact) mass is 400 g/mol. The van der Waals surface area contributed by atoms with Crippen LogP contribution >= 0.6 is 0 Å². The van der Waals surface area contributed by atoms with Crippen molar-refractivity contribution < 1.29 is 23.5 Å². The van der Waals surface area contributed by atoms with E-state index in [1.54, 1.807) is 24.3 Å². The van der Waals surface area contributed by atoms with E-state index in [1.165, 1.54) is 18.2 Å². The minimum Gasteiger partial charge on any atom is -0.426 e. The molecule has 0 saturated heterocycles. The van der Waals surface area contributed by atoms with Gasteiger partial charge in [0.2, 0.25) is 5.91 Å². The first-order chi connectivity index (χ1) is 13.8. The number of carbonyl (C=O) groups is 3. The van der Waals surface area contributed by atoms with Gasteiger partial charge in [-0.3, -0.25) is 14.4 Å². The van der Waals surface area contributed by atoms with Gasteiger partial charge in [0, 0.05) is 12.1 Å². The minimum atomic E-state index is -0.795. The second-order valence-corrected chi connectivity index (χ2v) is 6.99. The maximum absolute atomic E-state index is 13.3. The first-order valence-electron chi connectivity index (χ1n) is 9.45. The molecule has 0 heterocycles. The molecule has 6 nitrogen and oxygen atoms in total. The molecule has 2 N–H and O–H groups in total. The lowest BCUT2D eigenvalue weighted by Crippen LogP contribution is -2.47. The van der Waals surface area contributed by atoms with Crippen LogP contribution in [0.3, 0.4) is 0 Å². The fourth-order valence-corrected chi connectivity index (χ4v) is 2.66. The summed E-state index contributed by atoms with van der Waals surface area (Å²) >= 11 is 0. The number of amides is 2. The number of nitrogens with one attached hydrogen (secondary N) is 2. The van der Waals surface area contributed by atoms with Gasteiger partial charge >= 0.3 is 5.97 Å². The van der Waals surface area contributed by atoms with Crippen molar-refractivity contribution in [2.75, 3.05) is 6.54 Å². The number of hydrogen-bond donors (Lipinski definition) is 2. The molecule has 0 aliphatic carbocycles. The molecule has 0 aromatic heterocycles. The molecule has 0 fully saturated rings. The van der Waals surface area contributed by atoms with Crippen LogP contribution in [0.1, 0.15) is 37.0 Å². The van der Waals surface area contributed by atoms with E-state index >= 15 is 0 Å². The normalized spacial score (nSPS) is 11.6. The predicted octanol–water partition coefficient (Wildman–Crippen LogP) is 3.08. The average molecular weight is 400 g/mol. The zero-order valence-electron chi connectivity index (χ0n) is 16.5. The topological polar surface area (TPSA) is 84.5 Å². The molecular weight excluding hydrogens is 375 g/mol. The van der Waals surface area contributed by atoms with E-state index in [-0.39, 0.29) is 24.4 Å². The number of para-hydroxylation sites is 1. The molecule has 0 bridgehead atoms. The highest BCUT2D eigenvalue weighted by Gasteiger charge is 2.22. The number of esters is 1. The van der Waals surface area contributed by atoms with E-state index < -0.39 is 29.6 Å². The van der Waals surface area contributed by atoms with E-state index in [0.717, 1.165) is 6.07 Å². The van der Waals surface area contributed by atoms with Gasteiger partial charge in [-0.05, 0) is 42.7 Å². The maximum Gasteiger partial charge on any atom is 0.312 e. The van der Waals surface area contributed by atoms with Crippen LogP contribution in [-0.4, -0.2) is 30.4 Å². The SMILES string of the molecule is CC(C)C[C@H](NC(=O)c1cccc(F)c1)C(=O)NCCC(=O)Oc1ccccc1. The Kier molecular flexibility index (Phi) is 8.33. The Balaban J connectivity index is 1.87. The molecular formula is C22H25FN2O4. The quantitative estimate of drug-likeness (QED) is 0.500. The Morgan fingerprint density at radius 3 is 2.41 bits per heavy atom.